The molecule has 0 aliphatic carbocycles. The van der Waals surface area contributed by atoms with Crippen molar-refractivity contribution in [1.82, 2.24) is 9.80 Å². The van der Waals surface area contributed by atoms with Gasteiger partial charge >= 0.3 is 0 Å². The van der Waals surface area contributed by atoms with E-state index in [1.807, 2.05) is 0 Å². The Morgan fingerprint density at radius 2 is 1.64 bits per heavy atom. The summed E-state index contributed by atoms with van der Waals surface area (Å²) in [6, 6.07) is 7.31. The normalized spacial score (nSPS) is 17.0. The summed E-state index contributed by atoms with van der Waals surface area (Å²) in [5, 5.41) is 0. The zero-order valence-electron chi connectivity index (χ0n) is 19.6. The van der Waals surface area contributed by atoms with E-state index in [1.165, 1.54) is 9.80 Å². The number of rotatable bonds is 6. The molecular formula is C25H27F3N4O4. The summed E-state index contributed by atoms with van der Waals surface area (Å²) in [5.41, 5.74) is 7.12. The second kappa shape index (κ2) is 11.1. The molecular weight excluding hydrogens is 477 g/mol. The Balaban J connectivity index is 1.46. The van der Waals surface area contributed by atoms with E-state index < -0.39 is 35.3 Å². The smallest absolute Gasteiger partial charge is 0.247 e. The zero-order valence-corrected chi connectivity index (χ0v) is 19.6. The van der Waals surface area contributed by atoms with Gasteiger partial charge in [0.05, 0.1) is 13.2 Å². The summed E-state index contributed by atoms with van der Waals surface area (Å²) in [6.07, 6.45) is -0.423. The van der Waals surface area contributed by atoms with E-state index in [-0.39, 0.29) is 43.9 Å². The quantitative estimate of drug-likeness (QED) is 0.603. The van der Waals surface area contributed by atoms with Crippen LogP contribution in [0, 0.1) is 17.5 Å². The first-order chi connectivity index (χ1) is 17.2. The van der Waals surface area contributed by atoms with Gasteiger partial charge in [0.1, 0.15) is 18.9 Å². The van der Waals surface area contributed by atoms with Crippen molar-refractivity contribution >= 4 is 23.4 Å². The SMILES string of the molecule is N[C@@H](CC(=O)N1CC(=O)N(CC(=O)N2CCOCC2)c2ccccc2C1)Cc1cc(F)c(F)cc1F. The van der Waals surface area contributed by atoms with Gasteiger partial charge in [-0.2, -0.15) is 0 Å². The molecule has 8 nitrogen and oxygen atoms in total. The molecule has 3 amide bonds. The number of nitrogens with two attached hydrogens (primary N) is 1. The van der Waals surface area contributed by atoms with Crippen molar-refractivity contribution in [3.8, 4) is 0 Å². The number of benzene rings is 2. The van der Waals surface area contributed by atoms with Gasteiger partial charge in [-0.25, -0.2) is 13.2 Å². The minimum absolute atomic E-state index is 0.120. The van der Waals surface area contributed by atoms with Crippen molar-refractivity contribution in [2.75, 3.05) is 44.3 Å². The van der Waals surface area contributed by atoms with Crippen molar-refractivity contribution in [3.05, 3.63) is 65.0 Å². The molecule has 0 bridgehead atoms. The number of morpholine rings is 1. The Hall–Kier alpha value is -3.44. The van der Waals surface area contributed by atoms with Gasteiger partial charge in [0.2, 0.25) is 17.7 Å². The minimum atomic E-state index is -1.31. The van der Waals surface area contributed by atoms with Gasteiger partial charge in [-0.05, 0) is 29.7 Å². The lowest BCUT2D eigenvalue weighted by atomic mass is 10.0. The first-order valence-corrected chi connectivity index (χ1v) is 11.6. The lowest BCUT2D eigenvalue weighted by Crippen LogP contribution is -2.48. The highest BCUT2D eigenvalue weighted by Gasteiger charge is 2.32. The average Bonchev–Trinajstić information content (AvgIpc) is 2.99. The van der Waals surface area contributed by atoms with Gasteiger partial charge in [-0.3, -0.25) is 14.4 Å². The Kier molecular flexibility index (Phi) is 7.90. The first kappa shape index (κ1) is 25.6. The van der Waals surface area contributed by atoms with Crippen molar-refractivity contribution in [3.63, 3.8) is 0 Å². The second-order valence-electron chi connectivity index (χ2n) is 8.88. The molecule has 36 heavy (non-hydrogen) atoms. The molecule has 2 aromatic carbocycles. The monoisotopic (exact) mass is 504 g/mol. The number of nitrogens with zero attached hydrogens (tertiary/aromatic N) is 3. The van der Waals surface area contributed by atoms with Crippen LogP contribution in [0.5, 0.6) is 0 Å². The van der Waals surface area contributed by atoms with E-state index >= 15 is 0 Å². The van der Waals surface area contributed by atoms with Crippen LogP contribution in [0.3, 0.4) is 0 Å². The van der Waals surface area contributed by atoms with Crippen molar-refractivity contribution in [1.29, 1.82) is 0 Å². The number of fused-ring (bicyclic) bond motifs is 1. The van der Waals surface area contributed by atoms with E-state index in [4.69, 9.17) is 10.5 Å². The summed E-state index contributed by atoms with van der Waals surface area (Å²) < 4.78 is 46.0. The summed E-state index contributed by atoms with van der Waals surface area (Å²) in [5.74, 6) is -4.54. The molecule has 4 rings (SSSR count). The van der Waals surface area contributed by atoms with Gasteiger partial charge in [-0.1, -0.05) is 18.2 Å². The summed E-state index contributed by atoms with van der Waals surface area (Å²) in [7, 11) is 0. The average molecular weight is 505 g/mol. The molecule has 2 aliphatic rings. The predicted molar refractivity (Wildman–Crippen MR) is 124 cm³/mol. The van der Waals surface area contributed by atoms with E-state index in [1.54, 1.807) is 29.2 Å². The predicted octanol–water partition coefficient (Wildman–Crippen LogP) is 1.60. The topological polar surface area (TPSA) is 96.2 Å². The van der Waals surface area contributed by atoms with Gasteiger partial charge in [0.25, 0.3) is 0 Å². The molecule has 0 saturated carbocycles. The molecule has 192 valence electrons. The number of halogens is 3. The van der Waals surface area contributed by atoms with Gasteiger partial charge in [0, 0.05) is 43.9 Å². The molecule has 0 radical (unpaired) electrons. The molecule has 2 aromatic rings. The third-order valence-corrected chi connectivity index (χ3v) is 6.29. The lowest BCUT2D eigenvalue weighted by Gasteiger charge is -2.30. The highest BCUT2D eigenvalue weighted by molar-refractivity contribution is 6.02. The Labute approximate surface area is 206 Å². The van der Waals surface area contributed by atoms with Crippen LogP contribution >= 0.6 is 0 Å². The Bertz CT molecular complexity index is 1160. The highest BCUT2D eigenvalue weighted by Crippen LogP contribution is 2.26. The fourth-order valence-corrected chi connectivity index (χ4v) is 4.38. The molecule has 0 aromatic heterocycles. The summed E-state index contributed by atoms with van der Waals surface area (Å²) in [6.45, 7) is 1.46. The second-order valence-corrected chi connectivity index (χ2v) is 8.88. The maximum absolute atomic E-state index is 14.0. The van der Waals surface area contributed by atoms with Crippen molar-refractivity contribution < 1.29 is 32.3 Å². The third kappa shape index (κ3) is 5.85. The Morgan fingerprint density at radius 1 is 0.944 bits per heavy atom. The molecule has 2 aliphatic heterocycles. The number of amides is 3. The van der Waals surface area contributed by atoms with Crippen LogP contribution in [0.15, 0.2) is 36.4 Å². The fraction of sp³-hybridized carbons (Fsp3) is 0.400. The number of anilines is 1. The molecule has 0 unspecified atom stereocenters. The van der Waals surface area contributed by atoms with Crippen molar-refractivity contribution in [2.45, 2.75) is 25.4 Å². The standard InChI is InChI=1S/C25H27F3N4O4/c26-19-12-21(28)20(27)10-17(19)9-18(29)11-23(33)31-13-16-3-1-2-4-22(16)32(25(35)14-31)15-24(34)30-5-7-36-8-6-30/h1-4,10,12,18H,5-9,11,13-15,29H2/t18-/m1/s1. The number of hydrogen-bond acceptors (Lipinski definition) is 5. The molecule has 2 heterocycles. The number of carbonyl (C=O) groups is 3. The number of carbonyl (C=O) groups excluding carboxylic acids is 3. The summed E-state index contributed by atoms with van der Waals surface area (Å²) in [4.78, 5) is 43.4. The molecule has 1 fully saturated rings. The molecule has 1 atom stereocenters. The number of para-hydroxylation sites is 1. The van der Waals surface area contributed by atoms with E-state index in [0.29, 0.717) is 43.6 Å². The van der Waals surface area contributed by atoms with Crippen molar-refractivity contribution in [2.24, 2.45) is 5.73 Å². The minimum Gasteiger partial charge on any atom is -0.378 e. The summed E-state index contributed by atoms with van der Waals surface area (Å²) >= 11 is 0. The number of hydrogen-bond donors (Lipinski definition) is 1. The van der Waals surface area contributed by atoms with Gasteiger partial charge in [-0.15, -0.1) is 0 Å². The van der Waals surface area contributed by atoms with Crippen LogP contribution < -0.4 is 10.6 Å². The molecule has 0 spiro atoms. The maximum Gasteiger partial charge on any atom is 0.247 e. The molecule has 11 heteroatoms. The van der Waals surface area contributed by atoms with Crippen LogP contribution in [-0.4, -0.2) is 73.0 Å². The zero-order chi connectivity index (χ0) is 25.8. The lowest BCUT2D eigenvalue weighted by molar-refractivity contribution is -0.137. The van der Waals surface area contributed by atoms with E-state index in [0.717, 1.165) is 6.07 Å². The molecule has 2 N–H and O–H groups in total. The fourth-order valence-electron chi connectivity index (χ4n) is 4.38. The Morgan fingerprint density at radius 3 is 2.39 bits per heavy atom. The largest absolute Gasteiger partial charge is 0.378 e. The van der Waals surface area contributed by atoms with Crippen LogP contribution in [0.1, 0.15) is 17.5 Å². The van der Waals surface area contributed by atoms with E-state index in [2.05, 4.69) is 0 Å². The highest BCUT2D eigenvalue weighted by atomic mass is 19.2. The third-order valence-electron chi connectivity index (χ3n) is 6.29. The van der Waals surface area contributed by atoms with Crippen LogP contribution in [0.25, 0.3) is 0 Å². The van der Waals surface area contributed by atoms with Crippen LogP contribution in [0.2, 0.25) is 0 Å². The number of ether oxygens (including phenoxy) is 1. The van der Waals surface area contributed by atoms with Crippen LogP contribution in [0.4, 0.5) is 18.9 Å². The maximum atomic E-state index is 14.0. The molecule has 1 saturated heterocycles. The van der Waals surface area contributed by atoms with Gasteiger partial charge in [0.15, 0.2) is 11.6 Å². The van der Waals surface area contributed by atoms with E-state index in [9.17, 15) is 27.6 Å². The van der Waals surface area contributed by atoms with Crippen LogP contribution in [-0.2, 0) is 32.1 Å². The van der Waals surface area contributed by atoms with Gasteiger partial charge < -0.3 is 25.2 Å². The first-order valence-electron chi connectivity index (χ1n) is 11.6.